The molecule has 1 aliphatic heterocycles. The highest BCUT2D eigenvalue weighted by atomic mass is 16.3. The van der Waals surface area contributed by atoms with Crippen molar-refractivity contribution in [3.63, 3.8) is 0 Å². The van der Waals surface area contributed by atoms with Crippen LogP contribution in [0.5, 0.6) is 0 Å². The molecule has 3 atom stereocenters. The lowest BCUT2D eigenvalue weighted by atomic mass is 10.1. The number of fused-ring (bicyclic) bond motifs is 2. The number of β-amino-alcohol motifs (C(OH)–C–C–N with tert-alkyl or cyclic N) is 1. The van der Waals surface area contributed by atoms with E-state index in [0.29, 0.717) is 0 Å². The Morgan fingerprint density at radius 3 is 2.83 bits per heavy atom. The van der Waals surface area contributed by atoms with Gasteiger partial charge in [0.05, 0.1) is 6.10 Å². The largest absolute Gasteiger partial charge is 0.392 e. The van der Waals surface area contributed by atoms with Crippen LogP contribution in [0.2, 0.25) is 0 Å². The maximum atomic E-state index is 9.50. The van der Waals surface area contributed by atoms with Crippen molar-refractivity contribution >= 4 is 0 Å². The van der Waals surface area contributed by atoms with E-state index in [0.717, 1.165) is 24.9 Å². The Kier molecular flexibility index (Phi) is 2.37. The fourth-order valence-electron chi connectivity index (χ4n) is 2.65. The molecule has 1 saturated heterocycles. The van der Waals surface area contributed by atoms with Gasteiger partial charge in [0.25, 0.3) is 0 Å². The van der Waals surface area contributed by atoms with Gasteiger partial charge >= 0.3 is 0 Å². The number of likely N-dealkylation sites (tertiary alicyclic amines) is 1. The van der Waals surface area contributed by atoms with Gasteiger partial charge in [-0.15, -0.1) is 0 Å². The zero-order valence-electron chi connectivity index (χ0n) is 7.87. The third kappa shape index (κ3) is 1.50. The second kappa shape index (κ2) is 3.35. The number of hydrogen-bond donors (Lipinski definition) is 1. The van der Waals surface area contributed by atoms with Crippen LogP contribution in [0, 0.1) is 5.92 Å². The van der Waals surface area contributed by atoms with Gasteiger partial charge in [0.2, 0.25) is 0 Å². The van der Waals surface area contributed by atoms with Gasteiger partial charge in [0.1, 0.15) is 0 Å². The van der Waals surface area contributed by atoms with Crippen molar-refractivity contribution in [3.05, 3.63) is 0 Å². The molecule has 0 radical (unpaired) electrons. The van der Waals surface area contributed by atoms with E-state index in [1.54, 1.807) is 0 Å². The van der Waals surface area contributed by atoms with Crippen LogP contribution in [-0.4, -0.2) is 35.2 Å². The number of piperidine rings is 1. The summed E-state index contributed by atoms with van der Waals surface area (Å²) in [5, 5.41) is 9.50. The molecule has 2 heteroatoms. The predicted molar refractivity (Wildman–Crippen MR) is 49.0 cm³/mol. The maximum absolute atomic E-state index is 9.50. The summed E-state index contributed by atoms with van der Waals surface area (Å²) in [6.07, 6.45) is 5.01. The molecule has 0 spiro atoms. The van der Waals surface area contributed by atoms with Crippen molar-refractivity contribution in [2.24, 2.45) is 5.92 Å². The Bertz CT molecular complexity index is 160. The first-order valence-electron chi connectivity index (χ1n) is 5.21. The molecule has 0 aromatic rings. The summed E-state index contributed by atoms with van der Waals surface area (Å²) >= 11 is 0. The zero-order chi connectivity index (χ0) is 8.55. The molecular weight excluding hydrogens is 150 g/mol. The van der Waals surface area contributed by atoms with Gasteiger partial charge in [-0.3, -0.25) is 4.90 Å². The molecule has 1 N–H and O–H groups in total. The highest BCUT2D eigenvalue weighted by Gasteiger charge is 2.37. The minimum atomic E-state index is -0.0932. The van der Waals surface area contributed by atoms with Crippen molar-refractivity contribution in [3.8, 4) is 0 Å². The average Bonchev–Trinajstić information content (AvgIpc) is 2.64. The minimum Gasteiger partial charge on any atom is -0.392 e. The van der Waals surface area contributed by atoms with Crippen molar-refractivity contribution in [1.29, 1.82) is 0 Å². The Balaban J connectivity index is 1.82. The molecule has 2 nitrogen and oxygen atoms in total. The Labute approximate surface area is 74.6 Å². The molecule has 0 amide bonds. The van der Waals surface area contributed by atoms with Gasteiger partial charge in [-0.1, -0.05) is 6.92 Å². The van der Waals surface area contributed by atoms with Crippen LogP contribution >= 0.6 is 0 Å². The van der Waals surface area contributed by atoms with Crippen LogP contribution in [0.25, 0.3) is 0 Å². The first-order chi connectivity index (χ1) is 5.79. The standard InChI is InChI=1S/C10H19NO/c1-2-10(12)7-11-6-8-3-4-9(11)5-8/h8-10,12H,2-7H2,1H3. The van der Waals surface area contributed by atoms with Crippen LogP contribution in [-0.2, 0) is 0 Å². The summed E-state index contributed by atoms with van der Waals surface area (Å²) in [6, 6.07) is 0.816. The van der Waals surface area contributed by atoms with Crippen molar-refractivity contribution in [2.75, 3.05) is 13.1 Å². The molecule has 1 heterocycles. The predicted octanol–water partition coefficient (Wildman–Crippen LogP) is 1.24. The van der Waals surface area contributed by atoms with E-state index in [-0.39, 0.29) is 6.10 Å². The summed E-state index contributed by atoms with van der Waals surface area (Å²) in [7, 11) is 0. The second-order valence-corrected chi connectivity index (χ2v) is 4.35. The molecule has 1 saturated carbocycles. The molecule has 70 valence electrons. The minimum absolute atomic E-state index is 0.0932. The fraction of sp³-hybridized carbons (Fsp3) is 1.00. The van der Waals surface area contributed by atoms with Crippen molar-refractivity contribution < 1.29 is 5.11 Å². The van der Waals surface area contributed by atoms with E-state index < -0.39 is 0 Å². The van der Waals surface area contributed by atoms with Gasteiger partial charge in [0.15, 0.2) is 0 Å². The summed E-state index contributed by atoms with van der Waals surface area (Å²) in [5.74, 6) is 0.957. The molecule has 0 aromatic carbocycles. The van der Waals surface area contributed by atoms with Gasteiger partial charge in [-0.2, -0.15) is 0 Å². The highest BCUT2D eigenvalue weighted by molar-refractivity contribution is 4.92. The third-order valence-corrected chi connectivity index (χ3v) is 3.44. The summed E-state index contributed by atoms with van der Waals surface area (Å²) in [5.41, 5.74) is 0. The molecule has 12 heavy (non-hydrogen) atoms. The lowest BCUT2D eigenvalue weighted by Crippen LogP contribution is -2.37. The van der Waals surface area contributed by atoms with Crippen LogP contribution in [0.3, 0.4) is 0 Å². The summed E-state index contributed by atoms with van der Waals surface area (Å²) in [4.78, 5) is 2.49. The van der Waals surface area contributed by atoms with Gasteiger partial charge in [-0.05, 0) is 31.6 Å². The van der Waals surface area contributed by atoms with E-state index in [9.17, 15) is 5.11 Å². The number of nitrogens with zero attached hydrogens (tertiary/aromatic N) is 1. The fourth-order valence-corrected chi connectivity index (χ4v) is 2.65. The number of aliphatic hydroxyl groups excluding tert-OH is 1. The SMILES string of the molecule is CCC(O)CN1CC2CCC1C2. The van der Waals surface area contributed by atoms with Gasteiger partial charge in [-0.25, -0.2) is 0 Å². The van der Waals surface area contributed by atoms with E-state index in [2.05, 4.69) is 11.8 Å². The highest BCUT2D eigenvalue weighted by Crippen LogP contribution is 2.37. The smallest absolute Gasteiger partial charge is 0.0664 e. The second-order valence-electron chi connectivity index (χ2n) is 4.35. The van der Waals surface area contributed by atoms with Crippen LogP contribution < -0.4 is 0 Å². The molecule has 2 rings (SSSR count). The molecule has 3 unspecified atom stereocenters. The Morgan fingerprint density at radius 2 is 2.33 bits per heavy atom. The third-order valence-electron chi connectivity index (χ3n) is 3.44. The molecule has 1 aliphatic carbocycles. The van der Waals surface area contributed by atoms with E-state index in [1.165, 1.54) is 25.8 Å². The summed E-state index contributed by atoms with van der Waals surface area (Å²) < 4.78 is 0. The van der Waals surface area contributed by atoms with E-state index >= 15 is 0 Å². The lowest BCUT2D eigenvalue weighted by molar-refractivity contribution is 0.0919. The van der Waals surface area contributed by atoms with Crippen LogP contribution in [0.4, 0.5) is 0 Å². The topological polar surface area (TPSA) is 23.5 Å². The van der Waals surface area contributed by atoms with E-state index in [4.69, 9.17) is 0 Å². The molecule has 0 aromatic heterocycles. The first kappa shape index (κ1) is 8.52. The van der Waals surface area contributed by atoms with Crippen LogP contribution in [0.1, 0.15) is 32.6 Å². The van der Waals surface area contributed by atoms with Gasteiger partial charge in [0, 0.05) is 19.1 Å². The maximum Gasteiger partial charge on any atom is 0.0664 e. The summed E-state index contributed by atoms with van der Waals surface area (Å²) in [6.45, 7) is 4.22. The number of hydrogen-bond acceptors (Lipinski definition) is 2. The molecular formula is C10H19NO. The van der Waals surface area contributed by atoms with Crippen molar-refractivity contribution in [2.45, 2.75) is 44.8 Å². The lowest BCUT2D eigenvalue weighted by Gasteiger charge is -2.28. The quantitative estimate of drug-likeness (QED) is 0.687. The molecule has 2 aliphatic rings. The monoisotopic (exact) mass is 169 g/mol. The zero-order valence-corrected chi connectivity index (χ0v) is 7.87. The first-order valence-corrected chi connectivity index (χ1v) is 5.21. The van der Waals surface area contributed by atoms with Crippen molar-refractivity contribution in [1.82, 2.24) is 4.90 Å². The number of rotatable bonds is 3. The molecule has 2 fully saturated rings. The Morgan fingerprint density at radius 1 is 1.50 bits per heavy atom. The van der Waals surface area contributed by atoms with Gasteiger partial charge < -0.3 is 5.11 Å². The van der Waals surface area contributed by atoms with E-state index in [1.807, 2.05) is 0 Å². The number of aliphatic hydroxyl groups is 1. The normalized spacial score (nSPS) is 37.5. The Hall–Kier alpha value is -0.0800. The van der Waals surface area contributed by atoms with Crippen LogP contribution in [0.15, 0.2) is 0 Å². The molecule has 2 bridgehead atoms. The average molecular weight is 169 g/mol.